The molecule has 1 unspecified atom stereocenters. The summed E-state index contributed by atoms with van der Waals surface area (Å²) in [6, 6.07) is 0. The first-order valence-electron chi connectivity index (χ1n) is 8.40. The zero-order chi connectivity index (χ0) is 15.2. The predicted octanol–water partition coefficient (Wildman–Crippen LogP) is 2.89. The summed E-state index contributed by atoms with van der Waals surface area (Å²) in [4.78, 5) is 2.34. The van der Waals surface area contributed by atoms with Gasteiger partial charge in [-0.05, 0) is 44.2 Å². The fraction of sp³-hybridized carbons (Fsp3) is 1.00. The zero-order valence-corrected chi connectivity index (χ0v) is 14.3. The van der Waals surface area contributed by atoms with Crippen LogP contribution in [0.5, 0.6) is 0 Å². The average Bonchev–Trinajstić information content (AvgIpc) is 2.74. The number of likely N-dealkylation sites (N-methyl/N-ethyl adjacent to an activating group) is 1. The van der Waals surface area contributed by atoms with Crippen molar-refractivity contribution in [2.45, 2.75) is 65.4 Å². The highest BCUT2D eigenvalue weighted by Gasteiger charge is 2.34. The molecular formula is C17H36N2O. The molecule has 0 aliphatic heterocycles. The number of hydrogen-bond acceptors (Lipinski definition) is 3. The molecule has 0 aromatic carbocycles. The van der Waals surface area contributed by atoms with Gasteiger partial charge in [-0.25, -0.2) is 0 Å². The van der Waals surface area contributed by atoms with Crippen molar-refractivity contribution in [3.63, 3.8) is 0 Å². The third-order valence-electron chi connectivity index (χ3n) is 4.71. The van der Waals surface area contributed by atoms with E-state index in [-0.39, 0.29) is 0 Å². The minimum atomic E-state index is -0.422. The first kappa shape index (κ1) is 17.9. The molecule has 0 radical (unpaired) electrons. The molecule has 1 atom stereocenters. The van der Waals surface area contributed by atoms with Crippen molar-refractivity contribution < 1.29 is 5.11 Å². The molecule has 0 heterocycles. The summed E-state index contributed by atoms with van der Waals surface area (Å²) in [5.74, 6) is 0.702. The molecule has 0 amide bonds. The standard InChI is InChI=1S/C17H36N2O/c1-6-16(4,12-18-11-15(2)3)13-19(5)14-17(20)9-7-8-10-17/h15,18,20H,6-14H2,1-5H3. The summed E-state index contributed by atoms with van der Waals surface area (Å²) < 4.78 is 0. The molecule has 0 saturated heterocycles. The molecule has 1 saturated carbocycles. The Balaban J connectivity index is 2.40. The van der Waals surface area contributed by atoms with E-state index in [1.165, 1.54) is 19.3 Å². The Morgan fingerprint density at radius 2 is 1.90 bits per heavy atom. The molecule has 0 aromatic heterocycles. The van der Waals surface area contributed by atoms with Gasteiger partial charge in [0.2, 0.25) is 0 Å². The maximum absolute atomic E-state index is 10.5. The van der Waals surface area contributed by atoms with Crippen LogP contribution in [0.4, 0.5) is 0 Å². The van der Waals surface area contributed by atoms with E-state index in [4.69, 9.17) is 0 Å². The second kappa shape index (κ2) is 7.77. The van der Waals surface area contributed by atoms with E-state index in [0.717, 1.165) is 39.0 Å². The van der Waals surface area contributed by atoms with Crippen molar-refractivity contribution in [3.8, 4) is 0 Å². The molecule has 0 aromatic rings. The van der Waals surface area contributed by atoms with Gasteiger partial charge < -0.3 is 15.3 Å². The first-order valence-corrected chi connectivity index (χ1v) is 8.40. The lowest BCUT2D eigenvalue weighted by Crippen LogP contribution is -2.46. The minimum Gasteiger partial charge on any atom is -0.389 e. The van der Waals surface area contributed by atoms with Crippen LogP contribution in [-0.2, 0) is 0 Å². The van der Waals surface area contributed by atoms with Gasteiger partial charge in [0.15, 0.2) is 0 Å². The van der Waals surface area contributed by atoms with E-state index in [1.807, 2.05) is 0 Å². The number of rotatable bonds is 9. The fourth-order valence-electron chi connectivity index (χ4n) is 3.36. The fourth-order valence-corrected chi connectivity index (χ4v) is 3.36. The Labute approximate surface area is 126 Å². The lowest BCUT2D eigenvalue weighted by molar-refractivity contribution is 0.00638. The van der Waals surface area contributed by atoms with Gasteiger partial charge in [0.05, 0.1) is 5.60 Å². The highest BCUT2D eigenvalue weighted by atomic mass is 16.3. The van der Waals surface area contributed by atoms with Crippen molar-refractivity contribution in [1.29, 1.82) is 0 Å². The monoisotopic (exact) mass is 284 g/mol. The van der Waals surface area contributed by atoms with Gasteiger partial charge in [0, 0.05) is 19.6 Å². The van der Waals surface area contributed by atoms with Crippen LogP contribution in [0.25, 0.3) is 0 Å². The topological polar surface area (TPSA) is 35.5 Å². The van der Waals surface area contributed by atoms with E-state index in [2.05, 4.69) is 45.0 Å². The third-order valence-corrected chi connectivity index (χ3v) is 4.71. The van der Waals surface area contributed by atoms with Gasteiger partial charge >= 0.3 is 0 Å². The summed E-state index contributed by atoms with van der Waals surface area (Å²) in [5.41, 5.74) is -0.132. The summed E-state index contributed by atoms with van der Waals surface area (Å²) >= 11 is 0. The van der Waals surface area contributed by atoms with Gasteiger partial charge in [0.1, 0.15) is 0 Å². The Morgan fingerprint density at radius 1 is 1.30 bits per heavy atom. The number of hydrogen-bond donors (Lipinski definition) is 2. The van der Waals surface area contributed by atoms with Gasteiger partial charge in [-0.2, -0.15) is 0 Å². The van der Waals surface area contributed by atoms with Crippen molar-refractivity contribution in [3.05, 3.63) is 0 Å². The summed E-state index contributed by atoms with van der Waals surface area (Å²) in [5, 5.41) is 14.1. The third kappa shape index (κ3) is 6.11. The Bertz CT molecular complexity index is 274. The number of aliphatic hydroxyl groups is 1. The summed E-state index contributed by atoms with van der Waals surface area (Å²) in [6.45, 7) is 13.2. The van der Waals surface area contributed by atoms with Gasteiger partial charge in [-0.3, -0.25) is 0 Å². The lowest BCUT2D eigenvalue weighted by Gasteiger charge is -2.36. The van der Waals surface area contributed by atoms with Crippen molar-refractivity contribution in [1.82, 2.24) is 10.2 Å². The Hall–Kier alpha value is -0.120. The first-order chi connectivity index (χ1) is 9.29. The van der Waals surface area contributed by atoms with Gasteiger partial charge in [0.25, 0.3) is 0 Å². The molecule has 1 rings (SSSR count). The molecule has 2 N–H and O–H groups in total. The highest BCUT2D eigenvalue weighted by molar-refractivity contribution is 4.88. The second-order valence-corrected chi connectivity index (χ2v) is 7.79. The summed E-state index contributed by atoms with van der Waals surface area (Å²) in [6.07, 6.45) is 5.50. The van der Waals surface area contributed by atoms with E-state index in [9.17, 15) is 5.11 Å². The lowest BCUT2D eigenvalue weighted by atomic mass is 9.86. The van der Waals surface area contributed by atoms with Gasteiger partial charge in [-0.15, -0.1) is 0 Å². The molecule has 3 nitrogen and oxygen atoms in total. The van der Waals surface area contributed by atoms with Crippen molar-refractivity contribution in [2.24, 2.45) is 11.3 Å². The molecule has 0 spiro atoms. The molecule has 3 heteroatoms. The predicted molar refractivity (Wildman–Crippen MR) is 87.0 cm³/mol. The molecule has 1 aliphatic carbocycles. The van der Waals surface area contributed by atoms with Crippen LogP contribution in [0, 0.1) is 11.3 Å². The van der Waals surface area contributed by atoms with Crippen LogP contribution in [0.15, 0.2) is 0 Å². The van der Waals surface area contributed by atoms with Crippen molar-refractivity contribution in [2.75, 3.05) is 33.2 Å². The van der Waals surface area contributed by atoms with Crippen LogP contribution in [0.3, 0.4) is 0 Å². The normalized spacial score (nSPS) is 21.6. The number of nitrogens with zero attached hydrogens (tertiary/aromatic N) is 1. The molecule has 1 aliphatic rings. The zero-order valence-electron chi connectivity index (χ0n) is 14.3. The summed E-state index contributed by atoms with van der Waals surface area (Å²) in [7, 11) is 2.16. The largest absolute Gasteiger partial charge is 0.389 e. The van der Waals surface area contributed by atoms with E-state index in [0.29, 0.717) is 11.3 Å². The highest BCUT2D eigenvalue weighted by Crippen LogP contribution is 2.31. The molecular weight excluding hydrogens is 248 g/mol. The molecule has 20 heavy (non-hydrogen) atoms. The Kier molecular flexibility index (Phi) is 6.96. The van der Waals surface area contributed by atoms with Crippen molar-refractivity contribution >= 4 is 0 Å². The maximum Gasteiger partial charge on any atom is 0.0774 e. The average molecular weight is 284 g/mol. The van der Waals surface area contributed by atoms with Crippen LogP contribution in [-0.4, -0.2) is 48.8 Å². The van der Waals surface area contributed by atoms with Gasteiger partial charge in [-0.1, -0.05) is 40.5 Å². The van der Waals surface area contributed by atoms with E-state index >= 15 is 0 Å². The quantitative estimate of drug-likeness (QED) is 0.683. The van der Waals surface area contributed by atoms with Crippen LogP contribution >= 0.6 is 0 Å². The van der Waals surface area contributed by atoms with Crippen LogP contribution in [0.1, 0.15) is 59.8 Å². The molecule has 1 fully saturated rings. The van der Waals surface area contributed by atoms with Crippen LogP contribution < -0.4 is 5.32 Å². The number of nitrogens with one attached hydrogen (secondary N) is 1. The Morgan fingerprint density at radius 3 is 2.40 bits per heavy atom. The molecule has 120 valence electrons. The SMILES string of the molecule is CCC(C)(CNCC(C)C)CN(C)CC1(O)CCCC1. The molecule has 0 bridgehead atoms. The minimum absolute atomic E-state index is 0.290. The smallest absolute Gasteiger partial charge is 0.0774 e. The second-order valence-electron chi connectivity index (χ2n) is 7.79. The van der Waals surface area contributed by atoms with E-state index in [1.54, 1.807) is 0 Å². The van der Waals surface area contributed by atoms with E-state index < -0.39 is 5.60 Å². The maximum atomic E-state index is 10.5. The van der Waals surface area contributed by atoms with Crippen LogP contribution in [0.2, 0.25) is 0 Å².